The molecular weight excluding hydrogens is 388 g/mol. The van der Waals surface area contributed by atoms with E-state index >= 15 is 0 Å². The lowest BCUT2D eigenvalue weighted by atomic mass is 10.2. The van der Waals surface area contributed by atoms with Gasteiger partial charge in [-0.1, -0.05) is 0 Å². The Hall–Kier alpha value is -2.55. The zero-order valence-electron chi connectivity index (χ0n) is 16.8. The normalized spacial score (nSPS) is 16.8. The number of anilines is 1. The fourth-order valence-electron chi connectivity index (χ4n) is 3.47. The molecule has 1 aliphatic heterocycles. The van der Waals surface area contributed by atoms with Crippen LogP contribution in [0.4, 0.5) is 5.82 Å². The highest BCUT2D eigenvalue weighted by Gasteiger charge is 2.28. The van der Waals surface area contributed by atoms with Gasteiger partial charge in [-0.15, -0.1) is 11.3 Å². The van der Waals surface area contributed by atoms with Gasteiger partial charge in [-0.25, -0.2) is 15.0 Å². The Morgan fingerprint density at radius 3 is 2.59 bits per heavy atom. The van der Waals surface area contributed by atoms with Crippen LogP contribution in [-0.2, 0) is 11.2 Å². The molecule has 2 amide bonds. The van der Waals surface area contributed by atoms with Crippen LogP contribution in [0.5, 0.6) is 0 Å². The van der Waals surface area contributed by atoms with Gasteiger partial charge in [0.05, 0.1) is 11.2 Å². The zero-order chi connectivity index (χ0) is 20.4. The van der Waals surface area contributed by atoms with E-state index < -0.39 is 0 Å². The highest BCUT2D eigenvalue weighted by atomic mass is 32.1. The Kier molecular flexibility index (Phi) is 5.75. The van der Waals surface area contributed by atoms with Crippen LogP contribution >= 0.6 is 11.3 Å². The predicted octanol–water partition coefficient (Wildman–Crippen LogP) is 1.76. The molecule has 0 bridgehead atoms. The van der Waals surface area contributed by atoms with Crippen LogP contribution in [0.2, 0.25) is 0 Å². The highest BCUT2D eigenvalue weighted by molar-refractivity contribution is 7.11. The van der Waals surface area contributed by atoms with E-state index in [2.05, 4.69) is 15.2 Å². The Balaban J connectivity index is 1.41. The first kappa shape index (κ1) is 19.8. The van der Waals surface area contributed by atoms with Crippen LogP contribution in [-0.4, -0.2) is 64.4 Å². The molecule has 0 atom stereocenters. The van der Waals surface area contributed by atoms with E-state index in [-0.39, 0.29) is 11.8 Å². The van der Waals surface area contributed by atoms with Gasteiger partial charge in [0.25, 0.3) is 5.91 Å². The first-order chi connectivity index (χ1) is 14.0. The maximum absolute atomic E-state index is 12.3. The second-order valence-electron chi connectivity index (χ2n) is 7.62. The number of nitrogens with zero attached hydrogens (tertiary/aromatic N) is 5. The smallest absolute Gasteiger partial charge is 0.263 e. The van der Waals surface area contributed by atoms with Crippen LogP contribution in [0.15, 0.2) is 11.6 Å². The molecule has 154 valence electrons. The Labute approximate surface area is 174 Å². The molecular formula is C20H26N6O2S. The summed E-state index contributed by atoms with van der Waals surface area (Å²) >= 11 is 1.36. The van der Waals surface area contributed by atoms with Gasteiger partial charge in [-0.05, 0) is 19.8 Å². The maximum Gasteiger partial charge on any atom is 0.263 e. The van der Waals surface area contributed by atoms with Crippen LogP contribution < -0.4 is 10.2 Å². The molecule has 9 heteroatoms. The molecule has 1 saturated carbocycles. The highest BCUT2D eigenvalue weighted by Crippen LogP contribution is 2.38. The summed E-state index contributed by atoms with van der Waals surface area (Å²) < 4.78 is 0. The average Bonchev–Trinajstić information content (AvgIpc) is 3.48. The number of nitrogens with one attached hydrogen (secondary N) is 1. The third kappa shape index (κ3) is 4.72. The Morgan fingerprint density at radius 1 is 1.21 bits per heavy atom. The van der Waals surface area contributed by atoms with Crippen LogP contribution in [0, 0.1) is 6.92 Å². The van der Waals surface area contributed by atoms with Gasteiger partial charge in [0.15, 0.2) is 0 Å². The second-order valence-corrected chi connectivity index (χ2v) is 8.47. The molecule has 4 rings (SSSR count). The van der Waals surface area contributed by atoms with Gasteiger partial charge in [-0.2, -0.15) is 0 Å². The van der Waals surface area contributed by atoms with Crippen molar-refractivity contribution in [1.82, 2.24) is 25.2 Å². The van der Waals surface area contributed by atoms with Gasteiger partial charge in [0.1, 0.15) is 16.5 Å². The van der Waals surface area contributed by atoms with E-state index in [0.29, 0.717) is 23.8 Å². The van der Waals surface area contributed by atoms with Gasteiger partial charge >= 0.3 is 0 Å². The van der Waals surface area contributed by atoms with Crippen molar-refractivity contribution in [3.05, 3.63) is 33.7 Å². The minimum Gasteiger partial charge on any atom is -0.353 e. The summed E-state index contributed by atoms with van der Waals surface area (Å²) in [6.07, 6.45) is 2.94. The molecule has 2 aliphatic rings. The summed E-state index contributed by atoms with van der Waals surface area (Å²) in [6.45, 7) is 6.98. The SMILES string of the molecule is CC(=O)N1CCN(c2cc(CCNC(=O)c3scnc3C)nc(C3CC3)n2)CC1. The van der Waals surface area contributed by atoms with Crippen molar-refractivity contribution >= 4 is 29.0 Å². The van der Waals surface area contributed by atoms with E-state index in [1.54, 1.807) is 12.4 Å². The summed E-state index contributed by atoms with van der Waals surface area (Å²) in [7, 11) is 0. The zero-order valence-corrected chi connectivity index (χ0v) is 17.7. The number of piperazine rings is 1. The molecule has 0 unspecified atom stereocenters. The van der Waals surface area contributed by atoms with E-state index in [1.165, 1.54) is 11.3 Å². The quantitative estimate of drug-likeness (QED) is 0.775. The molecule has 2 aromatic heterocycles. The lowest BCUT2D eigenvalue weighted by molar-refractivity contribution is -0.129. The molecule has 1 saturated heterocycles. The predicted molar refractivity (Wildman–Crippen MR) is 111 cm³/mol. The minimum absolute atomic E-state index is 0.0814. The number of aryl methyl sites for hydroxylation is 1. The standard InChI is InChI=1S/C20H26N6O2S/c1-13-18(29-12-22-13)20(28)21-6-5-16-11-17(24-19(23-16)15-3-4-15)26-9-7-25(8-10-26)14(2)27/h11-12,15H,3-10H2,1-2H3,(H,21,28). The van der Waals surface area contributed by atoms with Crippen LogP contribution in [0.25, 0.3) is 0 Å². The summed E-state index contributed by atoms with van der Waals surface area (Å²) in [5.74, 6) is 2.35. The number of carbonyl (C=O) groups is 2. The van der Waals surface area contributed by atoms with Crippen LogP contribution in [0.1, 0.15) is 52.6 Å². The van der Waals surface area contributed by atoms with E-state index in [1.807, 2.05) is 17.9 Å². The van der Waals surface area contributed by atoms with E-state index in [9.17, 15) is 9.59 Å². The Bertz CT molecular complexity index is 902. The third-order valence-corrected chi connectivity index (χ3v) is 6.32. The average molecular weight is 415 g/mol. The van der Waals surface area contributed by atoms with Gasteiger partial charge in [-0.3, -0.25) is 9.59 Å². The minimum atomic E-state index is -0.0814. The largest absolute Gasteiger partial charge is 0.353 e. The van der Waals surface area contributed by atoms with Gasteiger partial charge in [0.2, 0.25) is 5.91 Å². The number of amides is 2. The van der Waals surface area contributed by atoms with Crippen molar-refractivity contribution in [2.24, 2.45) is 0 Å². The monoisotopic (exact) mass is 414 g/mol. The summed E-state index contributed by atoms with van der Waals surface area (Å²) in [4.78, 5) is 42.3. The number of thiazole rings is 1. The number of hydrogen-bond donors (Lipinski definition) is 1. The number of hydrogen-bond acceptors (Lipinski definition) is 7. The number of rotatable bonds is 6. The lowest BCUT2D eigenvalue weighted by Crippen LogP contribution is -2.48. The molecule has 0 radical (unpaired) electrons. The molecule has 1 aliphatic carbocycles. The lowest BCUT2D eigenvalue weighted by Gasteiger charge is -2.35. The Morgan fingerprint density at radius 2 is 1.97 bits per heavy atom. The molecule has 1 N–H and O–H groups in total. The fraction of sp³-hybridized carbons (Fsp3) is 0.550. The first-order valence-corrected chi connectivity index (χ1v) is 11.0. The second kappa shape index (κ2) is 8.44. The van der Waals surface area contributed by atoms with E-state index in [4.69, 9.17) is 9.97 Å². The molecule has 0 spiro atoms. The first-order valence-electron chi connectivity index (χ1n) is 10.1. The van der Waals surface area contributed by atoms with Crippen molar-refractivity contribution < 1.29 is 9.59 Å². The van der Waals surface area contributed by atoms with Crippen LogP contribution in [0.3, 0.4) is 0 Å². The maximum atomic E-state index is 12.3. The summed E-state index contributed by atoms with van der Waals surface area (Å²) in [6, 6.07) is 2.03. The van der Waals surface area contributed by atoms with Crippen molar-refractivity contribution in [1.29, 1.82) is 0 Å². The van der Waals surface area contributed by atoms with Crippen molar-refractivity contribution in [3.8, 4) is 0 Å². The number of carbonyl (C=O) groups excluding carboxylic acids is 2. The third-order valence-electron chi connectivity index (χ3n) is 5.39. The van der Waals surface area contributed by atoms with E-state index in [0.717, 1.165) is 62.1 Å². The number of aromatic nitrogens is 3. The molecule has 2 aromatic rings. The topological polar surface area (TPSA) is 91.3 Å². The van der Waals surface area contributed by atoms with Gasteiger partial charge < -0.3 is 15.1 Å². The van der Waals surface area contributed by atoms with Crippen molar-refractivity contribution in [2.45, 2.75) is 39.0 Å². The molecule has 29 heavy (non-hydrogen) atoms. The fourth-order valence-corrected chi connectivity index (χ4v) is 4.19. The summed E-state index contributed by atoms with van der Waals surface area (Å²) in [5.41, 5.74) is 3.40. The summed E-state index contributed by atoms with van der Waals surface area (Å²) in [5, 5.41) is 2.97. The molecule has 2 fully saturated rings. The van der Waals surface area contributed by atoms with Crippen molar-refractivity contribution in [3.63, 3.8) is 0 Å². The molecule has 8 nitrogen and oxygen atoms in total. The molecule has 3 heterocycles. The van der Waals surface area contributed by atoms with Gasteiger partial charge in [0, 0.05) is 63.7 Å². The molecule has 0 aromatic carbocycles. The van der Waals surface area contributed by atoms with Crippen molar-refractivity contribution in [2.75, 3.05) is 37.6 Å².